The smallest absolute Gasteiger partial charge is 0.258 e. The molecule has 5 nitrogen and oxygen atoms in total. The van der Waals surface area contributed by atoms with E-state index >= 15 is 0 Å². The first-order chi connectivity index (χ1) is 13.3. The molecular formula is C23H29NO4. The molecule has 1 aliphatic carbocycles. The van der Waals surface area contributed by atoms with E-state index in [4.69, 9.17) is 14.2 Å². The molecule has 0 radical (unpaired) electrons. The third-order valence-corrected chi connectivity index (χ3v) is 6.07. The Bertz CT molecular complexity index is 963. The van der Waals surface area contributed by atoms with E-state index < -0.39 is 5.79 Å². The number of ether oxygens (including phenoxy) is 3. The van der Waals surface area contributed by atoms with Crippen LogP contribution in [0.2, 0.25) is 0 Å². The van der Waals surface area contributed by atoms with Crippen molar-refractivity contribution < 1.29 is 14.2 Å². The van der Waals surface area contributed by atoms with Crippen molar-refractivity contribution in [3.8, 4) is 11.4 Å². The second-order valence-corrected chi connectivity index (χ2v) is 8.54. The van der Waals surface area contributed by atoms with Gasteiger partial charge in [0.05, 0.1) is 25.5 Å². The first-order valence-electron chi connectivity index (χ1n) is 10.0. The van der Waals surface area contributed by atoms with Crippen LogP contribution in [0.3, 0.4) is 0 Å². The molecule has 0 N–H and O–H groups in total. The van der Waals surface area contributed by atoms with E-state index in [2.05, 4.69) is 0 Å². The lowest BCUT2D eigenvalue weighted by molar-refractivity contribution is -0.283. The van der Waals surface area contributed by atoms with Crippen LogP contribution in [-0.4, -0.2) is 30.2 Å². The number of pyridine rings is 1. The molecule has 4 rings (SSSR count). The van der Waals surface area contributed by atoms with Gasteiger partial charge in [-0.1, -0.05) is 12.1 Å². The van der Waals surface area contributed by atoms with Gasteiger partial charge in [-0.05, 0) is 70.7 Å². The van der Waals surface area contributed by atoms with Crippen molar-refractivity contribution in [2.45, 2.75) is 53.2 Å². The van der Waals surface area contributed by atoms with Crippen LogP contribution < -0.4 is 10.3 Å². The van der Waals surface area contributed by atoms with Gasteiger partial charge in [-0.15, -0.1) is 0 Å². The SMILES string of the molecule is CCOc1ccccc1-n1c(C)c2c(c(C)c1=O)CC1(COC(C)(C)OC1)C2. The van der Waals surface area contributed by atoms with Gasteiger partial charge in [0.15, 0.2) is 5.79 Å². The predicted molar refractivity (Wildman–Crippen MR) is 109 cm³/mol. The van der Waals surface area contributed by atoms with Crippen LogP contribution >= 0.6 is 0 Å². The van der Waals surface area contributed by atoms with Gasteiger partial charge in [0, 0.05) is 16.7 Å². The summed E-state index contributed by atoms with van der Waals surface area (Å²) in [6.07, 6.45) is 1.69. The fraction of sp³-hybridized carbons (Fsp3) is 0.522. The number of nitrogens with zero attached hydrogens (tertiary/aromatic N) is 1. The maximum Gasteiger partial charge on any atom is 0.258 e. The Labute approximate surface area is 166 Å². The largest absolute Gasteiger partial charge is 0.492 e. The molecule has 1 fully saturated rings. The van der Waals surface area contributed by atoms with Crippen molar-refractivity contribution in [1.29, 1.82) is 0 Å². The van der Waals surface area contributed by atoms with E-state index in [0.29, 0.717) is 19.8 Å². The van der Waals surface area contributed by atoms with Gasteiger partial charge >= 0.3 is 0 Å². The van der Waals surface area contributed by atoms with Gasteiger partial charge < -0.3 is 14.2 Å². The summed E-state index contributed by atoms with van der Waals surface area (Å²) < 4.78 is 19.6. The predicted octanol–water partition coefficient (Wildman–Crippen LogP) is 3.72. The minimum absolute atomic E-state index is 0.0263. The number of hydrogen-bond acceptors (Lipinski definition) is 4. The van der Waals surface area contributed by atoms with Crippen LogP contribution in [0.5, 0.6) is 5.75 Å². The Kier molecular flexibility index (Phi) is 4.63. The molecule has 0 atom stereocenters. The van der Waals surface area contributed by atoms with Crippen LogP contribution in [0.25, 0.3) is 5.69 Å². The third-order valence-electron chi connectivity index (χ3n) is 6.07. The second-order valence-electron chi connectivity index (χ2n) is 8.54. The number of benzene rings is 1. The molecule has 0 amide bonds. The highest BCUT2D eigenvalue weighted by molar-refractivity contribution is 5.52. The highest BCUT2D eigenvalue weighted by atomic mass is 16.7. The van der Waals surface area contributed by atoms with E-state index in [0.717, 1.165) is 35.5 Å². The highest BCUT2D eigenvalue weighted by Gasteiger charge is 2.45. The number of para-hydroxylation sites is 2. The van der Waals surface area contributed by atoms with Crippen LogP contribution in [0.4, 0.5) is 0 Å². The fourth-order valence-electron chi connectivity index (χ4n) is 4.47. The Morgan fingerprint density at radius 1 is 1.07 bits per heavy atom. The molecule has 1 saturated heterocycles. The lowest BCUT2D eigenvalue weighted by Crippen LogP contribution is -2.47. The van der Waals surface area contributed by atoms with Gasteiger partial charge in [-0.3, -0.25) is 9.36 Å². The Balaban J connectivity index is 1.81. The summed E-state index contributed by atoms with van der Waals surface area (Å²) in [5.74, 6) is 0.192. The minimum atomic E-state index is -0.538. The second kappa shape index (κ2) is 6.75. The number of aromatic nitrogens is 1. The van der Waals surface area contributed by atoms with E-state index in [1.165, 1.54) is 11.1 Å². The quantitative estimate of drug-likeness (QED) is 0.811. The lowest BCUT2D eigenvalue weighted by atomic mass is 9.85. The van der Waals surface area contributed by atoms with Gasteiger partial charge in [0.2, 0.25) is 0 Å². The molecule has 1 aliphatic heterocycles. The molecular weight excluding hydrogens is 354 g/mol. The molecule has 2 aromatic rings. The first kappa shape index (κ1) is 19.2. The summed E-state index contributed by atoms with van der Waals surface area (Å²) in [7, 11) is 0. The van der Waals surface area contributed by atoms with Crippen molar-refractivity contribution in [1.82, 2.24) is 4.57 Å². The van der Waals surface area contributed by atoms with E-state index in [1.54, 1.807) is 0 Å². The number of hydrogen-bond donors (Lipinski definition) is 0. The van der Waals surface area contributed by atoms with Gasteiger partial charge in [0.25, 0.3) is 5.56 Å². The fourth-order valence-corrected chi connectivity index (χ4v) is 4.47. The van der Waals surface area contributed by atoms with Crippen LogP contribution in [-0.2, 0) is 22.3 Å². The molecule has 28 heavy (non-hydrogen) atoms. The molecule has 2 heterocycles. The lowest BCUT2D eigenvalue weighted by Gasteiger charge is -2.41. The van der Waals surface area contributed by atoms with E-state index in [1.807, 2.05) is 63.5 Å². The highest BCUT2D eigenvalue weighted by Crippen LogP contribution is 2.44. The summed E-state index contributed by atoms with van der Waals surface area (Å²) in [4.78, 5) is 13.3. The average molecular weight is 383 g/mol. The zero-order valence-electron chi connectivity index (χ0n) is 17.4. The minimum Gasteiger partial charge on any atom is -0.492 e. The van der Waals surface area contributed by atoms with Crippen molar-refractivity contribution >= 4 is 0 Å². The third kappa shape index (κ3) is 3.07. The molecule has 150 valence electrons. The van der Waals surface area contributed by atoms with E-state index in [-0.39, 0.29) is 11.0 Å². The first-order valence-corrected chi connectivity index (χ1v) is 10.0. The van der Waals surface area contributed by atoms with Crippen molar-refractivity contribution in [2.24, 2.45) is 5.41 Å². The standard InChI is InChI=1S/C23H29NO4/c1-6-26-20-10-8-7-9-19(20)24-16(3)18-12-23(11-17(18)15(2)21(24)25)13-27-22(4,5)28-14-23/h7-10H,6,11-14H2,1-5H3. The Hall–Kier alpha value is -2.11. The van der Waals surface area contributed by atoms with Crippen LogP contribution in [0, 0.1) is 19.3 Å². The summed E-state index contributed by atoms with van der Waals surface area (Å²) in [6, 6.07) is 7.74. The molecule has 0 saturated carbocycles. The topological polar surface area (TPSA) is 49.7 Å². The van der Waals surface area contributed by atoms with Crippen LogP contribution in [0.1, 0.15) is 43.2 Å². The molecule has 5 heteroatoms. The monoisotopic (exact) mass is 383 g/mol. The Morgan fingerprint density at radius 2 is 1.71 bits per heavy atom. The Morgan fingerprint density at radius 3 is 2.39 bits per heavy atom. The zero-order valence-corrected chi connectivity index (χ0v) is 17.4. The summed E-state index contributed by atoms with van der Waals surface area (Å²) in [5, 5.41) is 0. The molecule has 2 aliphatic rings. The summed E-state index contributed by atoms with van der Waals surface area (Å²) in [6.45, 7) is 11.7. The number of rotatable bonds is 3. The molecule has 1 aromatic carbocycles. The van der Waals surface area contributed by atoms with Crippen molar-refractivity contribution in [3.05, 3.63) is 57.0 Å². The zero-order chi connectivity index (χ0) is 20.1. The van der Waals surface area contributed by atoms with Crippen LogP contribution in [0.15, 0.2) is 29.1 Å². The van der Waals surface area contributed by atoms with Crippen molar-refractivity contribution in [2.75, 3.05) is 19.8 Å². The maximum absolute atomic E-state index is 13.3. The number of fused-ring (bicyclic) bond motifs is 1. The van der Waals surface area contributed by atoms with E-state index in [9.17, 15) is 4.79 Å². The molecule has 0 bridgehead atoms. The molecule has 1 aromatic heterocycles. The van der Waals surface area contributed by atoms with Gasteiger partial charge in [-0.2, -0.15) is 0 Å². The van der Waals surface area contributed by atoms with Crippen molar-refractivity contribution in [3.63, 3.8) is 0 Å². The molecule has 1 spiro atoms. The maximum atomic E-state index is 13.3. The van der Waals surface area contributed by atoms with Gasteiger partial charge in [-0.25, -0.2) is 0 Å². The van der Waals surface area contributed by atoms with Gasteiger partial charge in [0.1, 0.15) is 5.75 Å². The average Bonchev–Trinajstić information content (AvgIpc) is 3.05. The normalized spacial score (nSPS) is 19.6. The summed E-state index contributed by atoms with van der Waals surface area (Å²) in [5.41, 5.74) is 4.95. The molecule has 0 unspecified atom stereocenters. The summed E-state index contributed by atoms with van der Waals surface area (Å²) >= 11 is 0.